The normalized spacial score (nSPS) is 16.7. The smallest absolute Gasteiger partial charge is 0.140 e. The van der Waals surface area contributed by atoms with E-state index in [4.69, 9.17) is 9.26 Å². The van der Waals surface area contributed by atoms with Crippen molar-refractivity contribution in [3.05, 3.63) is 78.1 Å². The van der Waals surface area contributed by atoms with E-state index in [9.17, 15) is 5.11 Å². The van der Waals surface area contributed by atoms with Crippen LogP contribution in [0.1, 0.15) is 24.2 Å². The first-order chi connectivity index (χ1) is 14.6. The van der Waals surface area contributed by atoms with Gasteiger partial charge in [-0.3, -0.25) is 4.90 Å². The van der Waals surface area contributed by atoms with Crippen LogP contribution in [0.25, 0.3) is 17.3 Å². The topological polar surface area (TPSA) is 58.7 Å². The zero-order valence-corrected chi connectivity index (χ0v) is 17.3. The van der Waals surface area contributed by atoms with Gasteiger partial charge in [0.15, 0.2) is 0 Å². The SMILES string of the molecule is COc1cccc(-c2cc(CC3(O)CCN(CC=Cc4ccccc4)CC3)on2)c1. The van der Waals surface area contributed by atoms with Crippen molar-refractivity contribution in [1.29, 1.82) is 0 Å². The molecular weight excluding hydrogens is 376 g/mol. The largest absolute Gasteiger partial charge is 0.497 e. The standard InChI is InChI=1S/C25H28N2O3/c1-29-22-11-5-10-21(17-22)24-18-23(30-26-24)19-25(28)12-15-27(16-13-25)14-6-9-20-7-3-2-4-8-20/h2-11,17-18,28H,12-16,19H2,1H3. The second-order valence-corrected chi connectivity index (χ2v) is 7.93. The number of ether oxygens (including phenoxy) is 1. The highest BCUT2D eigenvalue weighted by molar-refractivity contribution is 5.61. The van der Waals surface area contributed by atoms with Gasteiger partial charge in [-0.1, -0.05) is 59.8 Å². The molecule has 0 unspecified atom stereocenters. The molecule has 0 bridgehead atoms. The summed E-state index contributed by atoms with van der Waals surface area (Å²) >= 11 is 0. The Morgan fingerprint density at radius 1 is 1.10 bits per heavy atom. The molecule has 0 saturated carbocycles. The van der Waals surface area contributed by atoms with Crippen LogP contribution in [0.3, 0.4) is 0 Å². The van der Waals surface area contributed by atoms with E-state index in [0.29, 0.717) is 12.2 Å². The number of methoxy groups -OCH3 is 1. The van der Waals surface area contributed by atoms with Crippen molar-refractivity contribution >= 4 is 6.08 Å². The monoisotopic (exact) mass is 404 g/mol. The lowest BCUT2D eigenvalue weighted by molar-refractivity contribution is -0.0223. The van der Waals surface area contributed by atoms with Crippen molar-refractivity contribution in [3.8, 4) is 17.0 Å². The van der Waals surface area contributed by atoms with Crippen molar-refractivity contribution < 1.29 is 14.4 Å². The molecule has 1 aliphatic rings. The zero-order valence-electron chi connectivity index (χ0n) is 17.3. The predicted octanol–water partition coefficient (Wildman–Crippen LogP) is 4.43. The van der Waals surface area contributed by atoms with E-state index in [1.807, 2.05) is 48.5 Å². The number of rotatable bonds is 7. The van der Waals surface area contributed by atoms with Crippen LogP contribution in [0.5, 0.6) is 5.75 Å². The summed E-state index contributed by atoms with van der Waals surface area (Å²) in [5.41, 5.74) is 2.17. The summed E-state index contributed by atoms with van der Waals surface area (Å²) < 4.78 is 10.8. The molecule has 1 aromatic heterocycles. The summed E-state index contributed by atoms with van der Waals surface area (Å²) in [5.74, 6) is 1.50. The Kier molecular flexibility index (Phi) is 6.31. The van der Waals surface area contributed by atoms with Crippen LogP contribution >= 0.6 is 0 Å². The fraction of sp³-hybridized carbons (Fsp3) is 0.320. The average Bonchev–Trinajstić information content (AvgIpc) is 3.24. The Balaban J connectivity index is 1.30. The number of aromatic nitrogens is 1. The zero-order chi connectivity index (χ0) is 20.8. The van der Waals surface area contributed by atoms with Crippen LogP contribution in [0.15, 0.2) is 71.3 Å². The van der Waals surface area contributed by atoms with Gasteiger partial charge in [0.25, 0.3) is 0 Å². The van der Waals surface area contributed by atoms with Crippen LogP contribution < -0.4 is 4.74 Å². The van der Waals surface area contributed by atoms with Crippen molar-refractivity contribution in [3.63, 3.8) is 0 Å². The van der Waals surface area contributed by atoms with Gasteiger partial charge >= 0.3 is 0 Å². The number of aliphatic hydroxyl groups is 1. The molecule has 0 radical (unpaired) electrons. The summed E-state index contributed by atoms with van der Waals surface area (Å²) in [6.07, 6.45) is 6.27. The summed E-state index contributed by atoms with van der Waals surface area (Å²) in [4.78, 5) is 2.37. The van der Waals surface area contributed by atoms with Gasteiger partial charge in [-0.2, -0.15) is 0 Å². The van der Waals surface area contributed by atoms with Gasteiger partial charge in [0.1, 0.15) is 17.2 Å². The third-order valence-corrected chi connectivity index (χ3v) is 5.69. The molecule has 1 N–H and O–H groups in total. The van der Waals surface area contributed by atoms with Crippen LogP contribution in [0.2, 0.25) is 0 Å². The van der Waals surface area contributed by atoms with Crippen LogP contribution in [0.4, 0.5) is 0 Å². The summed E-state index contributed by atoms with van der Waals surface area (Å²) in [6.45, 7) is 2.63. The van der Waals surface area contributed by atoms with Crippen molar-refractivity contribution in [2.24, 2.45) is 0 Å². The fourth-order valence-corrected chi connectivity index (χ4v) is 3.87. The Morgan fingerprint density at radius 3 is 2.67 bits per heavy atom. The third kappa shape index (κ3) is 5.17. The van der Waals surface area contributed by atoms with E-state index >= 15 is 0 Å². The van der Waals surface area contributed by atoms with E-state index in [-0.39, 0.29) is 0 Å². The molecule has 5 heteroatoms. The van der Waals surface area contributed by atoms with Gasteiger partial charge in [-0.25, -0.2) is 0 Å². The number of benzene rings is 2. The predicted molar refractivity (Wildman–Crippen MR) is 118 cm³/mol. The molecule has 5 nitrogen and oxygen atoms in total. The lowest BCUT2D eigenvalue weighted by atomic mass is 9.87. The van der Waals surface area contributed by atoms with Gasteiger partial charge in [0.2, 0.25) is 0 Å². The first-order valence-electron chi connectivity index (χ1n) is 10.4. The van der Waals surface area contributed by atoms with Crippen LogP contribution in [-0.2, 0) is 6.42 Å². The lowest BCUT2D eigenvalue weighted by Crippen LogP contribution is -2.45. The second kappa shape index (κ2) is 9.28. The molecule has 1 fully saturated rings. The maximum Gasteiger partial charge on any atom is 0.140 e. The molecule has 1 saturated heterocycles. The molecule has 2 heterocycles. The molecule has 0 atom stereocenters. The first kappa shape index (κ1) is 20.4. The first-order valence-corrected chi connectivity index (χ1v) is 10.4. The Hall–Kier alpha value is -2.89. The van der Waals surface area contributed by atoms with Crippen LogP contribution in [0, 0.1) is 0 Å². The minimum Gasteiger partial charge on any atom is -0.497 e. The number of nitrogens with zero attached hydrogens (tertiary/aromatic N) is 2. The molecule has 0 amide bonds. The van der Waals surface area contributed by atoms with E-state index in [0.717, 1.165) is 49.5 Å². The average molecular weight is 405 g/mol. The fourth-order valence-electron chi connectivity index (χ4n) is 3.87. The highest BCUT2D eigenvalue weighted by Gasteiger charge is 2.33. The summed E-state index contributed by atoms with van der Waals surface area (Å²) in [5, 5.41) is 15.2. The van der Waals surface area contributed by atoms with Gasteiger partial charge in [0.05, 0.1) is 12.7 Å². The highest BCUT2D eigenvalue weighted by atomic mass is 16.5. The summed E-state index contributed by atoms with van der Waals surface area (Å²) in [7, 11) is 1.65. The van der Waals surface area contributed by atoms with E-state index in [2.05, 4.69) is 34.3 Å². The Morgan fingerprint density at radius 2 is 1.90 bits per heavy atom. The molecular formula is C25H28N2O3. The third-order valence-electron chi connectivity index (χ3n) is 5.69. The molecule has 4 rings (SSSR count). The van der Waals surface area contributed by atoms with Crippen molar-refractivity contribution in [2.75, 3.05) is 26.7 Å². The van der Waals surface area contributed by atoms with Gasteiger partial charge < -0.3 is 14.4 Å². The van der Waals surface area contributed by atoms with Crippen molar-refractivity contribution in [2.45, 2.75) is 24.9 Å². The molecule has 2 aromatic carbocycles. The number of hydrogen-bond donors (Lipinski definition) is 1. The molecule has 30 heavy (non-hydrogen) atoms. The molecule has 0 aliphatic carbocycles. The van der Waals surface area contributed by atoms with Gasteiger partial charge in [0, 0.05) is 37.7 Å². The minimum absolute atomic E-state index is 0.484. The summed E-state index contributed by atoms with van der Waals surface area (Å²) in [6, 6.07) is 20.0. The molecule has 3 aromatic rings. The van der Waals surface area contributed by atoms with E-state index < -0.39 is 5.60 Å². The minimum atomic E-state index is -0.745. The Labute approximate surface area is 177 Å². The maximum atomic E-state index is 11.1. The molecule has 1 aliphatic heterocycles. The quantitative estimate of drug-likeness (QED) is 0.631. The van der Waals surface area contributed by atoms with E-state index in [1.54, 1.807) is 7.11 Å². The van der Waals surface area contributed by atoms with Crippen LogP contribution in [-0.4, -0.2) is 47.5 Å². The second-order valence-electron chi connectivity index (χ2n) is 7.93. The lowest BCUT2D eigenvalue weighted by Gasteiger charge is -2.37. The molecule has 156 valence electrons. The van der Waals surface area contributed by atoms with Gasteiger partial charge in [-0.15, -0.1) is 0 Å². The Bertz CT molecular complexity index is 973. The highest BCUT2D eigenvalue weighted by Crippen LogP contribution is 2.29. The number of likely N-dealkylation sites (tertiary alicyclic amines) is 1. The maximum absolute atomic E-state index is 11.1. The number of piperidine rings is 1. The molecule has 0 spiro atoms. The van der Waals surface area contributed by atoms with Crippen molar-refractivity contribution in [1.82, 2.24) is 10.1 Å². The van der Waals surface area contributed by atoms with E-state index in [1.165, 1.54) is 5.56 Å². The van der Waals surface area contributed by atoms with Gasteiger partial charge in [-0.05, 0) is 30.5 Å². The number of hydrogen-bond acceptors (Lipinski definition) is 5.